The van der Waals surface area contributed by atoms with E-state index in [-0.39, 0.29) is 5.76 Å². The van der Waals surface area contributed by atoms with Crippen LogP contribution in [0.15, 0.2) is 47.4 Å². The number of nitrogens with zero attached hydrogens (tertiary/aromatic N) is 2. The van der Waals surface area contributed by atoms with Gasteiger partial charge in [-0.05, 0) is 18.2 Å². The van der Waals surface area contributed by atoms with Gasteiger partial charge in [0.05, 0.1) is 29.1 Å². The van der Waals surface area contributed by atoms with E-state index in [9.17, 15) is 4.79 Å². The molecule has 0 fully saturated rings. The van der Waals surface area contributed by atoms with E-state index in [4.69, 9.17) is 16.1 Å². The third-order valence-electron chi connectivity index (χ3n) is 3.38. The van der Waals surface area contributed by atoms with E-state index in [2.05, 4.69) is 20.4 Å². The normalized spacial score (nSPS) is 11.1. The number of hydrogen-bond acceptors (Lipinski definition) is 4. The van der Waals surface area contributed by atoms with E-state index in [1.54, 1.807) is 18.5 Å². The van der Waals surface area contributed by atoms with Crippen LogP contribution in [-0.4, -0.2) is 21.0 Å². The molecule has 0 saturated heterocycles. The van der Waals surface area contributed by atoms with Gasteiger partial charge in [0.25, 0.3) is 5.91 Å². The van der Waals surface area contributed by atoms with E-state index >= 15 is 0 Å². The van der Waals surface area contributed by atoms with Crippen LogP contribution < -0.4 is 5.32 Å². The summed E-state index contributed by atoms with van der Waals surface area (Å²) in [5.74, 6) is -0.260. The second kappa shape index (κ2) is 4.85. The van der Waals surface area contributed by atoms with E-state index < -0.39 is 5.91 Å². The van der Waals surface area contributed by atoms with Crippen molar-refractivity contribution >= 4 is 45.0 Å². The number of nitrogens with one attached hydrogen (secondary N) is 2. The number of carbonyl (C=O) groups excluding carboxylic acids is 1. The van der Waals surface area contributed by atoms with Gasteiger partial charge in [0.2, 0.25) is 5.76 Å². The fraction of sp³-hybridized carbons (Fsp3) is 0. The zero-order chi connectivity index (χ0) is 15.1. The molecule has 0 saturated carbocycles. The van der Waals surface area contributed by atoms with Crippen molar-refractivity contribution in [2.24, 2.45) is 0 Å². The van der Waals surface area contributed by atoms with Gasteiger partial charge in [0.15, 0.2) is 0 Å². The Kier molecular flexibility index (Phi) is 2.83. The van der Waals surface area contributed by atoms with E-state index in [1.807, 2.05) is 12.1 Å². The molecular weight excluding hydrogens is 304 g/mol. The molecule has 6 nitrogen and oxygen atoms in total. The number of carbonyl (C=O) groups is 1. The molecule has 0 radical (unpaired) electrons. The summed E-state index contributed by atoms with van der Waals surface area (Å²) in [4.78, 5) is 19.5. The monoisotopic (exact) mass is 312 g/mol. The van der Waals surface area contributed by atoms with Crippen LogP contribution in [0.3, 0.4) is 0 Å². The minimum atomic E-state index is -0.391. The summed E-state index contributed by atoms with van der Waals surface area (Å²) in [5, 5.41) is 8.73. The van der Waals surface area contributed by atoms with Gasteiger partial charge in [0, 0.05) is 28.1 Å². The SMILES string of the molecule is O=C(Nc1cc(Cl)cc2c1[nH]c1cnccc12)c1ccno1. The van der Waals surface area contributed by atoms with Gasteiger partial charge in [-0.15, -0.1) is 0 Å². The Morgan fingerprint density at radius 2 is 2.14 bits per heavy atom. The third-order valence-corrected chi connectivity index (χ3v) is 3.60. The predicted octanol–water partition coefficient (Wildman–Crippen LogP) is 3.61. The van der Waals surface area contributed by atoms with Crippen LogP contribution in [0.4, 0.5) is 5.69 Å². The lowest BCUT2D eigenvalue weighted by Gasteiger charge is -2.05. The summed E-state index contributed by atoms with van der Waals surface area (Å²) in [6, 6.07) is 6.92. The zero-order valence-electron chi connectivity index (χ0n) is 11.1. The molecule has 22 heavy (non-hydrogen) atoms. The Bertz CT molecular complexity index is 992. The molecule has 1 aromatic carbocycles. The van der Waals surface area contributed by atoms with Crippen LogP contribution in [-0.2, 0) is 0 Å². The highest BCUT2D eigenvalue weighted by Gasteiger charge is 2.15. The minimum absolute atomic E-state index is 0.130. The number of anilines is 1. The molecule has 0 aliphatic heterocycles. The molecule has 4 rings (SSSR count). The second-order valence-corrected chi connectivity index (χ2v) is 5.19. The maximum Gasteiger partial charge on any atom is 0.294 e. The fourth-order valence-corrected chi connectivity index (χ4v) is 2.65. The van der Waals surface area contributed by atoms with Crippen molar-refractivity contribution in [2.45, 2.75) is 0 Å². The second-order valence-electron chi connectivity index (χ2n) is 4.75. The maximum atomic E-state index is 12.1. The average molecular weight is 313 g/mol. The number of aromatic nitrogens is 3. The first-order valence-corrected chi connectivity index (χ1v) is 6.87. The lowest BCUT2D eigenvalue weighted by Crippen LogP contribution is -2.11. The Hall–Kier alpha value is -2.86. The first kappa shape index (κ1) is 12.8. The highest BCUT2D eigenvalue weighted by molar-refractivity contribution is 6.33. The molecule has 0 bridgehead atoms. The van der Waals surface area contributed by atoms with Crippen molar-refractivity contribution in [3.05, 3.63) is 53.6 Å². The number of aromatic amines is 1. The van der Waals surface area contributed by atoms with Crippen LogP contribution in [0.5, 0.6) is 0 Å². The Labute approximate surface area is 129 Å². The lowest BCUT2D eigenvalue weighted by molar-refractivity contribution is 0.0988. The molecule has 0 aliphatic rings. The summed E-state index contributed by atoms with van der Waals surface area (Å²) >= 11 is 6.17. The number of amides is 1. The van der Waals surface area contributed by atoms with Gasteiger partial charge in [-0.25, -0.2) is 0 Å². The molecule has 1 amide bonds. The number of halogens is 1. The summed E-state index contributed by atoms with van der Waals surface area (Å²) in [6.45, 7) is 0. The Balaban J connectivity index is 1.88. The van der Waals surface area contributed by atoms with Gasteiger partial charge in [-0.3, -0.25) is 9.78 Å². The van der Waals surface area contributed by atoms with Crippen LogP contribution in [0.25, 0.3) is 21.8 Å². The van der Waals surface area contributed by atoms with Crippen LogP contribution in [0, 0.1) is 0 Å². The highest BCUT2D eigenvalue weighted by atomic mass is 35.5. The van der Waals surface area contributed by atoms with Gasteiger partial charge in [-0.1, -0.05) is 16.8 Å². The summed E-state index contributed by atoms with van der Waals surface area (Å²) in [6.07, 6.45) is 4.85. The van der Waals surface area contributed by atoms with Crippen LogP contribution in [0.2, 0.25) is 5.02 Å². The number of rotatable bonds is 2. The van der Waals surface area contributed by atoms with Crippen molar-refractivity contribution in [1.29, 1.82) is 0 Å². The van der Waals surface area contributed by atoms with Crippen LogP contribution >= 0.6 is 11.6 Å². The molecule has 0 atom stereocenters. The molecule has 0 aliphatic carbocycles. The van der Waals surface area contributed by atoms with Gasteiger partial charge in [-0.2, -0.15) is 0 Å². The van der Waals surface area contributed by atoms with Crippen molar-refractivity contribution in [3.63, 3.8) is 0 Å². The van der Waals surface area contributed by atoms with Gasteiger partial charge < -0.3 is 14.8 Å². The smallest absolute Gasteiger partial charge is 0.294 e. The minimum Gasteiger partial charge on any atom is -0.352 e. The standard InChI is InChI=1S/C15H9ClN4O2/c16-8-5-10-9-1-3-17-7-12(9)19-14(10)11(6-8)20-15(21)13-2-4-18-22-13/h1-7,19H,(H,20,21). The van der Waals surface area contributed by atoms with E-state index in [0.29, 0.717) is 10.7 Å². The molecule has 3 heterocycles. The topological polar surface area (TPSA) is 83.8 Å². The summed E-state index contributed by atoms with van der Waals surface area (Å²) in [5.41, 5.74) is 2.22. The molecule has 0 spiro atoms. The molecule has 3 aromatic heterocycles. The van der Waals surface area contributed by atoms with Gasteiger partial charge >= 0.3 is 0 Å². The first-order chi connectivity index (χ1) is 10.7. The quantitative estimate of drug-likeness (QED) is 0.592. The average Bonchev–Trinajstić information content (AvgIpc) is 3.15. The lowest BCUT2D eigenvalue weighted by atomic mass is 10.1. The summed E-state index contributed by atoms with van der Waals surface area (Å²) < 4.78 is 4.85. The third kappa shape index (κ3) is 2.01. The van der Waals surface area contributed by atoms with Crippen LogP contribution in [0.1, 0.15) is 10.6 Å². The summed E-state index contributed by atoms with van der Waals surface area (Å²) in [7, 11) is 0. The predicted molar refractivity (Wildman–Crippen MR) is 83.1 cm³/mol. The number of H-pyrrole nitrogens is 1. The fourth-order valence-electron chi connectivity index (χ4n) is 2.43. The number of pyridine rings is 1. The van der Waals surface area contributed by atoms with Crippen molar-refractivity contribution in [2.75, 3.05) is 5.32 Å². The molecule has 2 N–H and O–H groups in total. The number of benzene rings is 1. The van der Waals surface area contributed by atoms with Gasteiger partial charge in [0.1, 0.15) is 0 Å². The highest BCUT2D eigenvalue weighted by Crippen LogP contribution is 2.33. The zero-order valence-corrected chi connectivity index (χ0v) is 11.9. The van der Waals surface area contributed by atoms with E-state index in [1.165, 1.54) is 12.3 Å². The molecule has 108 valence electrons. The number of hydrogen-bond donors (Lipinski definition) is 2. The molecule has 4 aromatic rings. The van der Waals surface area contributed by atoms with E-state index in [0.717, 1.165) is 21.8 Å². The first-order valence-electron chi connectivity index (χ1n) is 6.49. The van der Waals surface area contributed by atoms with Crippen molar-refractivity contribution < 1.29 is 9.32 Å². The van der Waals surface area contributed by atoms with Crippen molar-refractivity contribution in [3.8, 4) is 0 Å². The largest absolute Gasteiger partial charge is 0.352 e. The maximum absolute atomic E-state index is 12.1. The Morgan fingerprint density at radius 1 is 1.23 bits per heavy atom. The number of fused-ring (bicyclic) bond motifs is 3. The molecule has 0 unspecified atom stereocenters. The molecule has 7 heteroatoms. The Morgan fingerprint density at radius 3 is 2.95 bits per heavy atom. The molecular formula is C15H9ClN4O2. The van der Waals surface area contributed by atoms with Crippen molar-refractivity contribution in [1.82, 2.24) is 15.1 Å².